The SMILES string of the molecule is CC(C)(C)C(=O)OCn1nnnc1CNc1nc2c(C=Cc3ccccc3)ncnc2n1[C@@H]1O[C@@H]2CO[Si](C(C)(C)C)(C(C)(C)C)O[C@H]2[C@H]1O[Si](C)(C)C(C)(C)C. The third-order valence-corrected chi connectivity index (χ3v) is 20.8. The summed E-state index contributed by atoms with van der Waals surface area (Å²) in [5, 5.41) is 15.1. The molecule has 310 valence electrons. The molecule has 6 rings (SSSR count). The van der Waals surface area contributed by atoms with E-state index in [1.165, 1.54) is 4.68 Å². The number of aromatic nitrogens is 8. The van der Waals surface area contributed by atoms with E-state index in [4.69, 9.17) is 32.7 Å². The van der Waals surface area contributed by atoms with Gasteiger partial charge in [-0.3, -0.25) is 9.36 Å². The van der Waals surface area contributed by atoms with Crippen molar-refractivity contribution in [2.24, 2.45) is 5.41 Å². The maximum absolute atomic E-state index is 12.6. The molecular formula is C40H61N9O6Si2. The molecule has 15 nitrogen and oxygen atoms in total. The van der Waals surface area contributed by atoms with Crippen molar-refractivity contribution in [3.05, 3.63) is 53.7 Å². The average molecular weight is 820 g/mol. The Morgan fingerprint density at radius 1 is 0.982 bits per heavy atom. The molecule has 2 aliphatic heterocycles. The number of carbonyl (C=O) groups is 1. The summed E-state index contributed by atoms with van der Waals surface area (Å²) in [6.45, 7) is 30.2. The number of hydrogen-bond acceptors (Lipinski definition) is 13. The van der Waals surface area contributed by atoms with Gasteiger partial charge in [-0.05, 0) is 61.0 Å². The van der Waals surface area contributed by atoms with E-state index >= 15 is 0 Å². The van der Waals surface area contributed by atoms with Crippen LogP contribution in [0.2, 0.25) is 28.2 Å². The number of rotatable bonds is 10. The lowest BCUT2D eigenvalue weighted by Gasteiger charge is -2.54. The van der Waals surface area contributed by atoms with Gasteiger partial charge in [0.1, 0.15) is 30.2 Å². The molecule has 1 aromatic carbocycles. The Labute approximate surface area is 338 Å². The maximum atomic E-state index is 12.6. The highest BCUT2D eigenvalue weighted by Gasteiger charge is 2.66. The van der Waals surface area contributed by atoms with Crippen LogP contribution in [-0.4, -0.2) is 87.5 Å². The Kier molecular flexibility index (Phi) is 11.5. The fourth-order valence-electron chi connectivity index (χ4n) is 7.27. The predicted molar refractivity (Wildman–Crippen MR) is 223 cm³/mol. The second-order valence-electron chi connectivity index (χ2n) is 19.7. The molecule has 0 amide bonds. The first-order valence-electron chi connectivity index (χ1n) is 19.7. The zero-order chi connectivity index (χ0) is 41.8. The normalized spacial score (nSPS) is 21.9. The van der Waals surface area contributed by atoms with Crippen LogP contribution < -0.4 is 5.32 Å². The monoisotopic (exact) mass is 819 g/mol. The van der Waals surface area contributed by atoms with Gasteiger partial charge in [0.25, 0.3) is 0 Å². The molecule has 4 aromatic rings. The van der Waals surface area contributed by atoms with Gasteiger partial charge >= 0.3 is 14.5 Å². The first-order valence-corrected chi connectivity index (χ1v) is 24.4. The van der Waals surface area contributed by atoms with Crippen molar-refractivity contribution in [1.29, 1.82) is 0 Å². The molecule has 0 unspecified atom stereocenters. The minimum Gasteiger partial charge on any atom is -0.442 e. The minimum absolute atomic E-state index is 0.105. The molecule has 0 saturated carbocycles. The number of anilines is 1. The summed E-state index contributed by atoms with van der Waals surface area (Å²) in [4.78, 5) is 27.2. The third-order valence-electron chi connectivity index (χ3n) is 11.2. The molecule has 5 heterocycles. The molecule has 4 atom stereocenters. The van der Waals surface area contributed by atoms with Gasteiger partial charge in [0, 0.05) is 10.1 Å². The summed E-state index contributed by atoms with van der Waals surface area (Å²) >= 11 is 0. The topological polar surface area (TPSA) is 162 Å². The van der Waals surface area contributed by atoms with E-state index in [9.17, 15) is 4.79 Å². The highest BCUT2D eigenvalue weighted by atomic mass is 28.4. The average Bonchev–Trinajstić information content (AvgIpc) is 3.82. The van der Waals surface area contributed by atoms with Crippen LogP contribution in [0.1, 0.15) is 106 Å². The molecule has 2 saturated heterocycles. The first kappa shape index (κ1) is 42.7. The Morgan fingerprint density at radius 2 is 1.67 bits per heavy atom. The van der Waals surface area contributed by atoms with Crippen molar-refractivity contribution in [1.82, 2.24) is 39.7 Å². The number of hydrogen-bond donors (Lipinski definition) is 1. The summed E-state index contributed by atoms with van der Waals surface area (Å²) in [5.74, 6) is 0.519. The van der Waals surface area contributed by atoms with Crippen LogP contribution in [0.5, 0.6) is 0 Å². The number of nitrogens with one attached hydrogen (secondary N) is 1. The van der Waals surface area contributed by atoms with E-state index in [1.807, 2.05) is 47.1 Å². The molecule has 1 N–H and O–H groups in total. The van der Waals surface area contributed by atoms with Gasteiger partial charge in [0.2, 0.25) is 5.95 Å². The number of carbonyl (C=O) groups excluding carboxylic acids is 1. The molecular weight excluding hydrogens is 759 g/mol. The Hall–Kier alpha value is -3.88. The molecule has 0 radical (unpaired) electrons. The van der Waals surface area contributed by atoms with Crippen LogP contribution in [0.25, 0.3) is 23.3 Å². The lowest BCUT2D eigenvalue weighted by atomic mass is 9.98. The van der Waals surface area contributed by atoms with E-state index in [-0.39, 0.29) is 34.4 Å². The molecule has 0 aliphatic carbocycles. The molecule has 57 heavy (non-hydrogen) atoms. The summed E-state index contributed by atoms with van der Waals surface area (Å²) in [5.41, 5.74) is 2.11. The molecule has 3 aromatic heterocycles. The largest absolute Gasteiger partial charge is 0.442 e. The number of nitrogens with zero attached hydrogens (tertiary/aromatic N) is 8. The minimum atomic E-state index is -2.93. The lowest BCUT2D eigenvalue weighted by Crippen LogP contribution is -2.66. The van der Waals surface area contributed by atoms with Crippen molar-refractivity contribution < 1.29 is 27.5 Å². The molecule has 2 fully saturated rings. The molecule has 2 aliphatic rings. The summed E-state index contributed by atoms with van der Waals surface area (Å²) in [7, 11) is -5.38. The summed E-state index contributed by atoms with van der Waals surface area (Å²) < 4.78 is 37.7. The van der Waals surface area contributed by atoms with Crippen LogP contribution in [0.15, 0.2) is 36.7 Å². The number of fused-ring (bicyclic) bond motifs is 2. The molecule has 0 bridgehead atoms. The Bertz CT molecular complexity index is 2060. The smallest absolute Gasteiger partial charge is 0.349 e. The third kappa shape index (κ3) is 8.50. The van der Waals surface area contributed by atoms with Gasteiger partial charge in [0.05, 0.1) is 24.3 Å². The van der Waals surface area contributed by atoms with E-state index in [0.29, 0.717) is 35.2 Å². The zero-order valence-corrected chi connectivity index (χ0v) is 38.1. The van der Waals surface area contributed by atoms with E-state index in [2.05, 4.69) is 101 Å². The second-order valence-corrected chi connectivity index (χ2v) is 29.2. The number of esters is 1. The van der Waals surface area contributed by atoms with E-state index < -0.39 is 46.8 Å². The van der Waals surface area contributed by atoms with Crippen LogP contribution in [0, 0.1) is 5.41 Å². The van der Waals surface area contributed by atoms with Gasteiger partial charge in [0.15, 0.2) is 32.7 Å². The van der Waals surface area contributed by atoms with Crippen LogP contribution >= 0.6 is 0 Å². The van der Waals surface area contributed by atoms with Crippen molar-refractivity contribution in [3.63, 3.8) is 0 Å². The van der Waals surface area contributed by atoms with Crippen molar-refractivity contribution in [2.75, 3.05) is 11.9 Å². The van der Waals surface area contributed by atoms with Gasteiger partial charge in [-0.1, -0.05) is 98.7 Å². The highest BCUT2D eigenvalue weighted by molar-refractivity contribution is 6.74. The van der Waals surface area contributed by atoms with Gasteiger partial charge < -0.3 is 28.1 Å². The quantitative estimate of drug-likeness (QED) is 0.122. The molecule has 0 spiro atoms. The van der Waals surface area contributed by atoms with Crippen molar-refractivity contribution >= 4 is 52.1 Å². The number of benzene rings is 1. The predicted octanol–water partition coefficient (Wildman–Crippen LogP) is 7.89. The first-order chi connectivity index (χ1) is 26.4. The second kappa shape index (κ2) is 15.4. The standard InChI is InChI=1S/C40H61N9O6Si2/c1-37(2,3)35(50)51-25-48-29(45-46-47-48)22-41-36-44-30-27(21-20-26-18-16-15-17-19-26)42-24-43-33(30)49(36)34-32(54-56(13,14)38(4,5)6)31-28(53-34)23-52-57(55-31,39(7,8)9)40(10,11)12/h15-21,24,28,31-32,34H,22-23,25H2,1-14H3,(H,41,44)/t28-,31-,32-,34-/m1/s1. The number of imidazole rings is 1. The summed E-state index contributed by atoms with van der Waals surface area (Å²) in [6, 6.07) is 10.0. The maximum Gasteiger partial charge on any atom is 0.349 e. The van der Waals surface area contributed by atoms with Crippen molar-refractivity contribution in [2.45, 2.75) is 149 Å². The number of ether oxygens (including phenoxy) is 2. The van der Waals surface area contributed by atoms with E-state index in [1.54, 1.807) is 27.1 Å². The fourth-order valence-corrected chi connectivity index (χ4v) is 13.5. The lowest BCUT2D eigenvalue weighted by molar-refractivity contribution is -0.157. The van der Waals surface area contributed by atoms with Crippen molar-refractivity contribution in [3.8, 4) is 0 Å². The molecule has 17 heteroatoms. The van der Waals surface area contributed by atoms with Crippen LogP contribution in [0.4, 0.5) is 5.95 Å². The summed E-state index contributed by atoms with van der Waals surface area (Å²) in [6.07, 6.45) is 3.41. The van der Waals surface area contributed by atoms with Crippen LogP contribution in [0.3, 0.4) is 0 Å². The van der Waals surface area contributed by atoms with Gasteiger partial charge in [-0.2, -0.15) is 4.68 Å². The Morgan fingerprint density at radius 3 is 2.30 bits per heavy atom. The highest BCUT2D eigenvalue weighted by Crippen LogP contribution is 2.57. The van der Waals surface area contributed by atoms with Crippen LogP contribution in [-0.2, 0) is 40.8 Å². The van der Waals surface area contributed by atoms with Gasteiger partial charge in [-0.15, -0.1) is 5.10 Å². The van der Waals surface area contributed by atoms with E-state index in [0.717, 1.165) is 5.56 Å². The number of tetrazole rings is 1. The zero-order valence-electron chi connectivity index (χ0n) is 36.1. The fraction of sp³-hybridized carbons (Fsp3) is 0.625. The Balaban J connectivity index is 1.46. The van der Waals surface area contributed by atoms with Gasteiger partial charge in [-0.25, -0.2) is 15.0 Å².